The summed E-state index contributed by atoms with van der Waals surface area (Å²) in [6, 6.07) is 18.1. The second-order valence-electron chi connectivity index (χ2n) is 8.69. The predicted octanol–water partition coefficient (Wildman–Crippen LogP) is 5.61. The zero-order valence-corrected chi connectivity index (χ0v) is 20.7. The normalized spacial score (nSPS) is 14.1. The fourth-order valence-corrected chi connectivity index (χ4v) is 4.33. The van der Waals surface area contributed by atoms with Crippen molar-refractivity contribution in [3.05, 3.63) is 101 Å². The minimum Gasteiger partial charge on any atom is -0.496 e. The summed E-state index contributed by atoms with van der Waals surface area (Å²) in [6.45, 7) is 7.52. The van der Waals surface area contributed by atoms with E-state index in [-0.39, 0.29) is 11.7 Å². The number of carbonyl (C=O) groups is 1. The minimum atomic E-state index is -0.224. The van der Waals surface area contributed by atoms with Crippen molar-refractivity contribution in [3.8, 4) is 11.5 Å². The molecule has 1 aliphatic heterocycles. The van der Waals surface area contributed by atoms with Gasteiger partial charge in [0.25, 0.3) is 5.91 Å². The maximum absolute atomic E-state index is 13.1. The van der Waals surface area contributed by atoms with E-state index in [1.165, 1.54) is 12.1 Å². The van der Waals surface area contributed by atoms with E-state index in [2.05, 4.69) is 11.5 Å². The average molecular weight is 487 g/mol. The Hall–Kier alpha value is -3.90. The lowest BCUT2D eigenvalue weighted by Gasteiger charge is -2.34. The van der Waals surface area contributed by atoms with Gasteiger partial charge in [-0.3, -0.25) is 9.69 Å². The summed E-state index contributed by atoms with van der Waals surface area (Å²) in [5, 5.41) is 0. The van der Waals surface area contributed by atoms with Gasteiger partial charge >= 0.3 is 0 Å². The highest BCUT2D eigenvalue weighted by Gasteiger charge is 2.22. The maximum Gasteiger partial charge on any atom is 0.253 e. The molecule has 1 amide bonds. The molecule has 36 heavy (non-hydrogen) atoms. The monoisotopic (exact) mass is 486 g/mol. The summed E-state index contributed by atoms with van der Waals surface area (Å²) in [5.74, 6) is 1.21. The first-order valence-electron chi connectivity index (χ1n) is 11.9. The molecular weight excluding hydrogens is 455 g/mol. The van der Waals surface area contributed by atoms with Crippen molar-refractivity contribution in [1.82, 2.24) is 9.80 Å². The number of ether oxygens (including phenoxy) is 2. The van der Waals surface area contributed by atoms with E-state index in [1.807, 2.05) is 65.6 Å². The van der Waals surface area contributed by atoms with Crippen LogP contribution in [0.1, 0.15) is 32.6 Å². The van der Waals surface area contributed by atoms with Gasteiger partial charge in [-0.15, -0.1) is 0 Å². The fraction of sp³-hybridized carbons (Fsp3) is 0.233. The third kappa shape index (κ3) is 6.01. The Labute approximate surface area is 212 Å². The van der Waals surface area contributed by atoms with Crippen molar-refractivity contribution in [2.75, 3.05) is 40.4 Å². The lowest BCUT2D eigenvalue weighted by atomic mass is 10.1. The molecule has 1 fully saturated rings. The van der Waals surface area contributed by atoms with Crippen molar-refractivity contribution in [1.29, 1.82) is 0 Å². The van der Waals surface area contributed by atoms with Crippen molar-refractivity contribution in [3.63, 3.8) is 0 Å². The van der Waals surface area contributed by atoms with Crippen LogP contribution in [0, 0.1) is 5.82 Å². The Morgan fingerprint density at radius 3 is 2.03 bits per heavy atom. The molecule has 1 saturated heterocycles. The van der Waals surface area contributed by atoms with Crippen LogP contribution in [0.4, 0.5) is 4.39 Å². The van der Waals surface area contributed by atoms with Crippen LogP contribution in [0.5, 0.6) is 11.5 Å². The van der Waals surface area contributed by atoms with Gasteiger partial charge in [0.15, 0.2) is 0 Å². The van der Waals surface area contributed by atoms with Crippen molar-refractivity contribution < 1.29 is 18.7 Å². The number of hydrogen-bond acceptors (Lipinski definition) is 4. The Balaban J connectivity index is 1.35. The van der Waals surface area contributed by atoms with Gasteiger partial charge in [0.2, 0.25) is 0 Å². The highest BCUT2D eigenvalue weighted by Crippen LogP contribution is 2.32. The molecule has 0 unspecified atom stereocenters. The van der Waals surface area contributed by atoms with Crippen LogP contribution >= 0.6 is 0 Å². The number of nitrogens with zero attached hydrogens (tertiary/aromatic N) is 2. The standard InChI is InChI=1S/C30H31FN2O3/c1-4-27-28(35-2)19-24(20-29(27)36-3)6-5-22-7-11-25(12-8-22)30(34)33-17-15-32(16-18-33)21-23-9-13-26(31)14-10-23/h4-14,19-20H,1,15-18,21H2,2-3H3/b6-5+. The van der Waals surface area contributed by atoms with Gasteiger partial charge in [-0.2, -0.15) is 0 Å². The summed E-state index contributed by atoms with van der Waals surface area (Å²) in [6.07, 6.45) is 5.69. The molecular formula is C30H31FN2O3. The molecule has 186 valence electrons. The second-order valence-corrected chi connectivity index (χ2v) is 8.69. The number of benzene rings is 3. The molecule has 3 aromatic carbocycles. The van der Waals surface area contributed by atoms with Crippen LogP contribution in [-0.4, -0.2) is 56.1 Å². The van der Waals surface area contributed by atoms with Gasteiger partial charge in [-0.1, -0.05) is 49.1 Å². The summed E-state index contributed by atoms with van der Waals surface area (Å²) in [5.41, 5.74) is 4.50. The van der Waals surface area contributed by atoms with Crippen LogP contribution in [0.2, 0.25) is 0 Å². The van der Waals surface area contributed by atoms with Gasteiger partial charge < -0.3 is 14.4 Å². The van der Waals surface area contributed by atoms with E-state index in [0.717, 1.165) is 41.9 Å². The third-order valence-corrected chi connectivity index (χ3v) is 6.38. The van der Waals surface area contributed by atoms with E-state index in [0.29, 0.717) is 30.2 Å². The van der Waals surface area contributed by atoms with E-state index in [4.69, 9.17) is 9.47 Å². The Kier molecular flexibility index (Phi) is 8.18. The number of piperazine rings is 1. The molecule has 0 aliphatic carbocycles. The molecule has 0 saturated carbocycles. The molecule has 4 rings (SSSR count). The summed E-state index contributed by atoms with van der Waals surface area (Å²) in [7, 11) is 3.24. The number of rotatable bonds is 8. The second kappa shape index (κ2) is 11.7. The van der Waals surface area contributed by atoms with E-state index < -0.39 is 0 Å². The lowest BCUT2D eigenvalue weighted by molar-refractivity contribution is 0.0628. The number of carbonyl (C=O) groups excluding carboxylic acids is 1. The predicted molar refractivity (Wildman–Crippen MR) is 143 cm³/mol. The van der Waals surface area contributed by atoms with E-state index in [1.54, 1.807) is 20.3 Å². The molecule has 0 radical (unpaired) electrons. The summed E-state index contributed by atoms with van der Waals surface area (Å²) >= 11 is 0. The van der Waals surface area contributed by atoms with Gasteiger partial charge in [0, 0.05) is 38.3 Å². The summed E-state index contributed by atoms with van der Waals surface area (Å²) < 4.78 is 24.1. The first-order valence-corrected chi connectivity index (χ1v) is 11.9. The quantitative estimate of drug-likeness (QED) is 0.388. The van der Waals surface area contributed by atoms with Crippen LogP contribution in [0.15, 0.2) is 67.2 Å². The third-order valence-electron chi connectivity index (χ3n) is 6.38. The van der Waals surface area contributed by atoms with Crippen LogP contribution in [0.3, 0.4) is 0 Å². The first kappa shape index (κ1) is 25.2. The number of amides is 1. The molecule has 0 atom stereocenters. The molecule has 1 heterocycles. The van der Waals surface area contributed by atoms with Crippen molar-refractivity contribution >= 4 is 24.1 Å². The van der Waals surface area contributed by atoms with Crippen LogP contribution in [-0.2, 0) is 6.54 Å². The molecule has 3 aromatic rings. The van der Waals surface area contributed by atoms with Gasteiger partial charge in [0.05, 0.1) is 19.8 Å². The molecule has 0 spiro atoms. The molecule has 5 nitrogen and oxygen atoms in total. The highest BCUT2D eigenvalue weighted by atomic mass is 19.1. The van der Waals surface area contributed by atoms with Crippen molar-refractivity contribution in [2.24, 2.45) is 0 Å². The molecule has 1 aliphatic rings. The van der Waals surface area contributed by atoms with Crippen molar-refractivity contribution in [2.45, 2.75) is 6.54 Å². The van der Waals surface area contributed by atoms with Crippen LogP contribution < -0.4 is 9.47 Å². The SMILES string of the molecule is C=Cc1c(OC)cc(/C=C/c2ccc(C(=O)N3CCN(Cc4ccc(F)cc4)CC3)cc2)cc1OC. The lowest BCUT2D eigenvalue weighted by Crippen LogP contribution is -2.48. The van der Waals surface area contributed by atoms with Gasteiger partial charge in [0.1, 0.15) is 17.3 Å². The summed E-state index contributed by atoms with van der Waals surface area (Å²) in [4.78, 5) is 17.2. The number of halogens is 1. The van der Waals surface area contributed by atoms with Crippen LogP contribution in [0.25, 0.3) is 18.2 Å². The van der Waals surface area contributed by atoms with E-state index >= 15 is 0 Å². The zero-order chi connectivity index (χ0) is 25.5. The topological polar surface area (TPSA) is 42.0 Å². The Morgan fingerprint density at radius 1 is 0.889 bits per heavy atom. The highest BCUT2D eigenvalue weighted by molar-refractivity contribution is 5.94. The zero-order valence-electron chi connectivity index (χ0n) is 20.7. The molecule has 0 bridgehead atoms. The average Bonchev–Trinajstić information content (AvgIpc) is 2.92. The number of methoxy groups -OCH3 is 2. The minimum absolute atomic E-state index is 0.0430. The Morgan fingerprint density at radius 2 is 1.47 bits per heavy atom. The van der Waals surface area contributed by atoms with Gasteiger partial charge in [-0.25, -0.2) is 4.39 Å². The Bertz CT molecular complexity index is 1200. The first-order chi connectivity index (χ1) is 17.5. The molecule has 6 heteroatoms. The molecule has 0 aromatic heterocycles. The number of hydrogen-bond donors (Lipinski definition) is 0. The fourth-order valence-electron chi connectivity index (χ4n) is 4.33. The smallest absolute Gasteiger partial charge is 0.253 e. The molecule has 0 N–H and O–H groups in total. The van der Waals surface area contributed by atoms with Gasteiger partial charge in [-0.05, 0) is 53.1 Å². The largest absolute Gasteiger partial charge is 0.496 e. The van der Waals surface area contributed by atoms with E-state index in [9.17, 15) is 9.18 Å². The maximum atomic E-state index is 13.1.